The summed E-state index contributed by atoms with van der Waals surface area (Å²) in [6.07, 6.45) is 0.570. The molecule has 0 spiro atoms. The van der Waals surface area contributed by atoms with Crippen LogP contribution in [0.4, 0.5) is 4.39 Å². The SMILES string of the molecule is CC(C)N1CC(O)CC1c1nc(Cc2ccc(F)cc2Cl)no1. The topological polar surface area (TPSA) is 62.4 Å². The number of hydrogen-bond acceptors (Lipinski definition) is 5. The van der Waals surface area contributed by atoms with Crippen molar-refractivity contribution in [3.05, 3.63) is 46.3 Å². The van der Waals surface area contributed by atoms with E-state index in [-0.39, 0.29) is 24.0 Å². The van der Waals surface area contributed by atoms with E-state index in [1.165, 1.54) is 12.1 Å². The number of halogens is 2. The first-order chi connectivity index (χ1) is 10.9. The Morgan fingerprint density at radius 2 is 2.26 bits per heavy atom. The molecule has 124 valence electrons. The van der Waals surface area contributed by atoms with Gasteiger partial charge in [-0.15, -0.1) is 0 Å². The lowest BCUT2D eigenvalue weighted by atomic mass is 10.1. The highest BCUT2D eigenvalue weighted by atomic mass is 35.5. The van der Waals surface area contributed by atoms with Gasteiger partial charge >= 0.3 is 0 Å². The minimum atomic E-state index is -0.385. The van der Waals surface area contributed by atoms with E-state index >= 15 is 0 Å². The zero-order chi connectivity index (χ0) is 16.6. The molecule has 0 bridgehead atoms. The number of rotatable bonds is 4. The standard InChI is InChI=1S/C16H19ClFN3O2/c1-9(2)21-8-12(22)7-14(21)16-19-15(20-23-16)5-10-3-4-11(18)6-13(10)17/h3-4,6,9,12,14,22H,5,7-8H2,1-2H3. The fraction of sp³-hybridized carbons (Fsp3) is 0.500. The van der Waals surface area contributed by atoms with Gasteiger partial charge in [0.2, 0.25) is 5.89 Å². The first-order valence-electron chi connectivity index (χ1n) is 7.64. The van der Waals surface area contributed by atoms with Gasteiger partial charge in [-0.05, 0) is 38.0 Å². The summed E-state index contributed by atoms with van der Waals surface area (Å²) in [4.78, 5) is 6.58. The number of hydrogen-bond donors (Lipinski definition) is 1. The number of aromatic nitrogens is 2. The Morgan fingerprint density at radius 1 is 1.48 bits per heavy atom. The summed E-state index contributed by atoms with van der Waals surface area (Å²) in [5, 5.41) is 14.2. The Bertz CT molecular complexity index is 692. The first-order valence-corrected chi connectivity index (χ1v) is 8.02. The highest BCUT2D eigenvalue weighted by Gasteiger charge is 2.37. The number of β-amino-alcohol motifs (C(OH)–C–C–N with tert-alkyl or cyclic N) is 1. The molecule has 7 heteroatoms. The minimum absolute atomic E-state index is 0.0741. The third kappa shape index (κ3) is 3.54. The minimum Gasteiger partial charge on any atom is -0.392 e. The summed E-state index contributed by atoms with van der Waals surface area (Å²) in [5.74, 6) is 0.627. The van der Waals surface area contributed by atoms with E-state index in [1.807, 2.05) is 0 Å². The number of likely N-dealkylation sites (tertiary alicyclic amines) is 1. The molecule has 2 aromatic rings. The molecule has 3 rings (SSSR count). The van der Waals surface area contributed by atoms with Gasteiger partial charge in [0.15, 0.2) is 5.82 Å². The molecule has 0 amide bonds. The Hall–Kier alpha value is -1.50. The molecule has 23 heavy (non-hydrogen) atoms. The summed E-state index contributed by atoms with van der Waals surface area (Å²) in [5.41, 5.74) is 0.743. The predicted octanol–water partition coefficient (Wildman–Crippen LogP) is 2.97. The molecule has 1 aromatic carbocycles. The third-order valence-electron chi connectivity index (χ3n) is 4.11. The second kappa shape index (κ2) is 6.55. The molecule has 2 heterocycles. The molecule has 1 N–H and O–H groups in total. The van der Waals surface area contributed by atoms with Gasteiger partial charge in [-0.3, -0.25) is 4.90 Å². The van der Waals surface area contributed by atoms with Gasteiger partial charge < -0.3 is 9.63 Å². The summed E-state index contributed by atoms with van der Waals surface area (Å²) >= 11 is 6.03. The average molecular weight is 340 g/mol. The predicted molar refractivity (Wildman–Crippen MR) is 83.7 cm³/mol. The number of benzene rings is 1. The van der Waals surface area contributed by atoms with E-state index in [9.17, 15) is 9.50 Å². The van der Waals surface area contributed by atoms with Crippen molar-refractivity contribution in [1.29, 1.82) is 0 Å². The molecule has 2 atom stereocenters. The molecule has 0 saturated carbocycles. The number of aliphatic hydroxyl groups is 1. The Balaban J connectivity index is 1.77. The maximum atomic E-state index is 13.1. The Kier molecular flexibility index (Phi) is 4.66. The fourth-order valence-corrected chi connectivity index (χ4v) is 3.20. The van der Waals surface area contributed by atoms with Crippen molar-refractivity contribution < 1.29 is 14.0 Å². The zero-order valence-corrected chi connectivity index (χ0v) is 13.8. The van der Waals surface area contributed by atoms with Crippen LogP contribution in [0.15, 0.2) is 22.7 Å². The van der Waals surface area contributed by atoms with Crippen molar-refractivity contribution in [3.63, 3.8) is 0 Å². The summed E-state index contributed by atoms with van der Waals surface area (Å²) in [6.45, 7) is 4.74. The zero-order valence-electron chi connectivity index (χ0n) is 13.0. The van der Waals surface area contributed by atoms with Gasteiger partial charge in [-0.25, -0.2) is 4.39 Å². The van der Waals surface area contributed by atoms with Gasteiger partial charge in [-0.2, -0.15) is 4.98 Å². The smallest absolute Gasteiger partial charge is 0.244 e. The van der Waals surface area contributed by atoms with Crippen LogP contribution in [0.25, 0.3) is 0 Å². The fourth-order valence-electron chi connectivity index (χ4n) is 2.96. The van der Waals surface area contributed by atoms with Crippen molar-refractivity contribution in [2.45, 2.75) is 44.9 Å². The molecular formula is C16H19ClFN3O2. The van der Waals surface area contributed by atoms with Crippen LogP contribution in [0.2, 0.25) is 5.02 Å². The van der Waals surface area contributed by atoms with Crippen molar-refractivity contribution in [1.82, 2.24) is 15.0 Å². The number of nitrogens with zero attached hydrogens (tertiary/aromatic N) is 3. The van der Waals surface area contributed by atoms with Gasteiger partial charge in [0, 0.05) is 24.0 Å². The molecule has 5 nitrogen and oxygen atoms in total. The van der Waals surface area contributed by atoms with Crippen LogP contribution >= 0.6 is 11.6 Å². The van der Waals surface area contributed by atoms with E-state index in [4.69, 9.17) is 16.1 Å². The summed E-state index contributed by atoms with van der Waals surface area (Å²) < 4.78 is 18.5. The first kappa shape index (κ1) is 16.4. The molecule has 0 aliphatic carbocycles. The second-order valence-electron chi connectivity index (χ2n) is 6.16. The second-order valence-corrected chi connectivity index (χ2v) is 6.56. The Morgan fingerprint density at radius 3 is 2.96 bits per heavy atom. The van der Waals surface area contributed by atoms with Crippen molar-refractivity contribution >= 4 is 11.6 Å². The van der Waals surface area contributed by atoms with E-state index in [2.05, 4.69) is 28.9 Å². The lowest BCUT2D eigenvalue weighted by molar-refractivity contribution is 0.150. The molecule has 2 unspecified atom stereocenters. The monoisotopic (exact) mass is 339 g/mol. The van der Waals surface area contributed by atoms with Crippen molar-refractivity contribution in [2.24, 2.45) is 0 Å². The van der Waals surface area contributed by atoms with Gasteiger partial charge in [0.05, 0.1) is 12.1 Å². The van der Waals surface area contributed by atoms with Crippen molar-refractivity contribution in [3.8, 4) is 0 Å². The molecular weight excluding hydrogens is 321 g/mol. The van der Waals surface area contributed by atoms with Crippen LogP contribution < -0.4 is 0 Å². The summed E-state index contributed by atoms with van der Waals surface area (Å²) in [7, 11) is 0. The van der Waals surface area contributed by atoms with Crippen LogP contribution in [-0.4, -0.2) is 38.8 Å². The molecule has 1 saturated heterocycles. The summed E-state index contributed by atoms with van der Waals surface area (Å²) in [6, 6.07) is 4.45. The van der Waals surface area contributed by atoms with Crippen LogP contribution in [0, 0.1) is 5.82 Å². The van der Waals surface area contributed by atoms with E-state index in [1.54, 1.807) is 6.07 Å². The highest BCUT2D eigenvalue weighted by molar-refractivity contribution is 6.31. The third-order valence-corrected chi connectivity index (χ3v) is 4.46. The molecule has 1 aromatic heterocycles. The number of aliphatic hydroxyl groups excluding tert-OH is 1. The van der Waals surface area contributed by atoms with Crippen LogP contribution in [-0.2, 0) is 6.42 Å². The van der Waals surface area contributed by atoms with Crippen LogP contribution in [0.3, 0.4) is 0 Å². The average Bonchev–Trinajstić information content (AvgIpc) is 3.08. The normalized spacial score (nSPS) is 22.2. The van der Waals surface area contributed by atoms with Crippen molar-refractivity contribution in [2.75, 3.05) is 6.54 Å². The molecule has 1 aliphatic heterocycles. The van der Waals surface area contributed by atoms with E-state index in [0.717, 1.165) is 5.56 Å². The Labute approximate surface area is 139 Å². The lowest BCUT2D eigenvalue weighted by Crippen LogP contribution is -2.31. The molecule has 0 radical (unpaired) electrons. The van der Waals surface area contributed by atoms with Gasteiger partial charge in [0.1, 0.15) is 5.82 Å². The maximum Gasteiger partial charge on any atom is 0.244 e. The van der Waals surface area contributed by atoms with E-state index < -0.39 is 0 Å². The quantitative estimate of drug-likeness (QED) is 0.927. The highest BCUT2D eigenvalue weighted by Crippen LogP contribution is 2.33. The van der Waals surface area contributed by atoms with E-state index in [0.29, 0.717) is 36.1 Å². The molecule has 1 aliphatic rings. The largest absolute Gasteiger partial charge is 0.392 e. The lowest BCUT2D eigenvalue weighted by Gasteiger charge is -2.25. The van der Waals surface area contributed by atoms with Crippen LogP contribution in [0.5, 0.6) is 0 Å². The van der Waals surface area contributed by atoms with Gasteiger partial charge in [-0.1, -0.05) is 22.8 Å². The maximum absolute atomic E-state index is 13.1. The molecule has 1 fully saturated rings. The van der Waals surface area contributed by atoms with Gasteiger partial charge in [0.25, 0.3) is 0 Å². The van der Waals surface area contributed by atoms with Crippen LogP contribution in [0.1, 0.15) is 43.6 Å².